The summed E-state index contributed by atoms with van der Waals surface area (Å²) in [4.78, 5) is 1.51. The Morgan fingerprint density at radius 1 is 1.37 bits per heavy atom. The van der Waals surface area contributed by atoms with Crippen LogP contribution >= 0.6 is 0 Å². The third-order valence-electron chi connectivity index (χ3n) is 2.87. The molecule has 6 nitrogen and oxygen atoms in total. The number of ether oxygens (including phenoxy) is 1. The van der Waals surface area contributed by atoms with Gasteiger partial charge in [0, 0.05) is 0 Å². The average Bonchev–Trinajstić information content (AvgIpc) is 2.87. The van der Waals surface area contributed by atoms with Crippen molar-refractivity contribution >= 4 is 0 Å². The summed E-state index contributed by atoms with van der Waals surface area (Å²) in [5, 5.41) is 15.4. The van der Waals surface area contributed by atoms with E-state index >= 15 is 0 Å². The van der Waals surface area contributed by atoms with E-state index in [1.165, 1.54) is 10.4 Å². The molecule has 1 aromatic carbocycles. The van der Waals surface area contributed by atoms with Crippen LogP contribution in [-0.2, 0) is 6.54 Å². The van der Waals surface area contributed by atoms with Crippen molar-refractivity contribution in [2.75, 3.05) is 14.2 Å². The molecule has 1 aromatic heterocycles. The Morgan fingerprint density at radius 3 is 2.79 bits per heavy atom. The van der Waals surface area contributed by atoms with Crippen molar-refractivity contribution in [3.63, 3.8) is 0 Å². The van der Waals surface area contributed by atoms with Gasteiger partial charge >= 0.3 is 0 Å². The molecule has 0 unspecified atom stereocenters. The molecule has 1 heterocycles. The zero-order valence-electron chi connectivity index (χ0n) is 11.7. The number of tetrazole rings is 1. The lowest BCUT2D eigenvalue weighted by Crippen LogP contribution is -2.08. The molecule has 0 amide bonds. The zero-order chi connectivity index (χ0) is 13.8. The largest absolute Gasteiger partial charge is 0.494 e. The molecule has 19 heavy (non-hydrogen) atoms. The first kappa shape index (κ1) is 13.5. The Hall–Kier alpha value is -1.95. The second kappa shape index (κ2) is 5.79. The van der Waals surface area contributed by atoms with Crippen molar-refractivity contribution in [1.29, 1.82) is 0 Å². The maximum atomic E-state index is 5.36. The molecule has 0 saturated heterocycles. The molecule has 0 radical (unpaired) electrons. The molecule has 0 fully saturated rings. The maximum absolute atomic E-state index is 5.36. The third kappa shape index (κ3) is 2.90. The SMILES string of the molecule is CNCc1nnn(-c2cc(C(C)C)ccc2OC)n1. The fourth-order valence-electron chi connectivity index (χ4n) is 1.80. The van der Waals surface area contributed by atoms with Crippen LogP contribution in [0.2, 0.25) is 0 Å². The van der Waals surface area contributed by atoms with Crippen LogP contribution < -0.4 is 10.1 Å². The Balaban J connectivity index is 2.42. The van der Waals surface area contributed by atoms with Gasteiger partial charge in [-0.05, 0) is 35.9 Å². The molecule has 6 heteroatoms. The number of methoxy groups -OCH3 is 1. The Kier molecular flexibility index (Phi) is 4.11. The molecule has 0 saturated carbocycles. The van der Waals surface area contributed by atoms with E-state index in [1.54, 1.807) is 7.11 Å². The van der Waals surface area contributed by atoms with Crippen molar-refractivity contribution in [3.8, 4) is 11.4 Å². The second-order valence-corrected chi connectivity index (χ2v) is 4.61. The molecule has 0 bridgehead atoms. The van der Waals surface area contributed by atoms with E-state index in [9.17, 15) is 0 Å². The number of benzene rings is 1. The first-order chi connectivity index (χ1) is 9.15. The minimum absolute atomic E-state index is 0.435. The first-order valence-electron chi connectivity index (χ1n) is 6.27. The summed E-state index contributed by atoms with van der Waals surface area (Å²) in [5.41, 5.74) is 2.02. The Bertz CT molecular complexity index is 550. The molecule has 0 spiro atoms. The number of hydrogen-bond donors (Lipinski definition) is 1. The standard InChI is InChI=1S/C13H19N5O/c1-9(2)10-5-6-12(19-4)11(7-10)18-16-13(8-14-3)15-17-18/h5-7,9,14H,8H2,1-4H3. The van der Waals surface area contributed by atoms with Gasteiger partial charge in [-0.2, -0.15) is 0 Å². The van der Waals surface area contributed by atoms with Gasteiger partial charge in [0.25, 0.3) is 0 Å². The van der Waals surface area contributed by atoms with Gasteiger partial charge in [-0.15, -0.1) is 15.0 Å². The summed E-state index contributed by atoms with van der Waals surface area (Å²) in [6.07, 6.45) is 0. The highest BCUT2D eigenvalue weighted by Gasteiger charge is 2.12. The van der Waals surface area contributed by atoms with Crippen LogP contribution in [0.1, 0.15) is 31.2 Å². The minimum Gasteiger partial charge on any atom is -0.494 e. The fraction of sp³-hybridized carbons (Fsp3) is 0.462. The van der Waals surface area contributed by atoms with Crippen LogP contribution in [0, 0.1) is 0 Å². The number of nitrogens with one attached hydrogen (secondary N) is 1. The normalized spacial score (nSPS) is 11.0. The average molecular weight is 261 g/mol. The summed E-state index contributed by atoms with van der Waals surface area (Å²) in [7, 11) is 3.49. The molecule has 102 valence electrons. The van der Waals surface area contributed by atoms with Gasteiger partial charge in [-0.3, -0.25) is 0 Å². The first-order valence-corrected chi connectivity index (χ1v) is 6.27. The van der Waals surface area contributed by atoms with E-state index in [0.29, 0.717) is 18.3 Å². The number of aromatic nitrogens is 4. The van der Waals surface area contributed by atoms with Crippen molar-refractivity contribution in [2.24, 2.45) is 0 Å². The van der Waals surface area contributed by atoms with Crippen LogP contribution in [-0.4, -0.2) is 34.4 Å². The lowest BCUT2D eigenvalue weighted by molar-refractivity contribution is 0.409. The summed E-state index contributed by atoms with van der Waals surface area (Å²) in [5.74, 6) is 1.82. The minimum atomic E-state index is 0.435. The quantitative estimate of drug-likeness (QED) is 0.884. The molecule has 2 aromatic rings. The van der Waals surface area contributed by atoms with E-state index in [1.807, 2.05) is 19.2 Å². The van der Waals surface area contributed by atoms with Crippen LogP contribution in [0.25, 0.3) is 5.69 Å². The monoisotopic (exact) mass is 261 g/mol. The number of hydrogen-bond acceptors (Lipinski definition) is 5. The molecular formula is C13H19N5O. The highest BCUT2D eigenvalue weighted by atomic mass is 16.5. The summed E-state index contributed by atoms with van der Waals surface area (Å²) in [6, 6.07) is 6.03. The van der Waals surface area contributed by atoms with Gasteiger partial charge in [0.2, 0.25) is 0 Å². The molecule has 0 aliphatic carbocycles. The van der Waals surface area contributed by atoms with Crippen LogP contribution in [0.4, 0.5) is 0 Å². The maximum Gasteiger partial charge on any atom is 0.188 e. The van der Waals surface area contributed by atoms with Gasteiger partial charge < -0.3 is 10.1 Å². The van der Waals surface area contributed by atoms with Gasteiger partial charge in [-0.1, -0.05) is 19.9 Å². The molecule has 0 atom stereocenters. The zero-order valence-corrected chi connectivity index (χ0v) is 11.7. The van der Waals surface area contributed by atoms with E-state index in [-0.39, 0.29) is 0 Å². The van der Waals surface area contributed by atoms with E-state index < -0.39 is 0 Å². The summed E-state index contributed by atoms with van der Waals surface area (Å²) >= 11 is 0. The van der Waals surface area contributed by atoms with E-state index in [2.05, 4.69) is 40.6 Å². The smallest absolute Gasteiger partial charge is 0.188 e. The molecule has 0 aliphatic heterocycles. The molecule has 0 aliphatic rings. The number of nitrogens with zero attached hydrogens (tertiary/aromatic N) is 4. The van der Waals surface area contributed by atoms with Gasteiger partial charge in [-0.25, -0.2) is 0 Å². The van der Waals surface area contributed by atoms with Gasteiger partial charge in [0.05, 0.1) is 13.7 Å². The lowest BCUT2D eigenvalue weighted by atomic mass is 10.0. The highest BCUT2D eigenvalue weighted by Crippen LogP contribution is 2.26. The predicted molar refractivity (Wildman–Crippen MR) is 72.6 cm³/mol. The van der Waals surface area contributed by atoms with Crippen molar-refractivity contribution in [2.45, 2.75) is 26.3 Å². The predicted octanol–water partition coefficient (Wildman–Crippen LogP) is 1.51. The van der Waals surface area contributed by atoms with Gasteiger partial charge in [0.1, 0.15) is 11.4 Å². The molecule has 2 rings (SSSR count). The summed E-state index contributed by atoms with van der Waals surface area (Å²) < 4.78 is 5.36. The third-order valence-corrected chi connectivity index (χ3v) is 2.87. The van der Waals surface area contributed by atoms with Crippen LogP contribution in [0.5, 0.6) is 5.75 Å². The molecule has 1 N–H and O–H groups in total. The van der Waals surface area contributed by atoms with Crippen LogP contribution in [0.15, 0.2) is 18.2 Å². The molecular weight excluding hydrogens is 242 g/mol. The van der Waals surface area contributed by atoms with E-state index in [4.69, 9.17) is 4.74 Å². The topological polar surface area (TPSA) is 64.9 Å². The summed E-state index contributed by atoms with van der Waals surface area (Å²) in [6.45, 7) is 4.88. The fourth-order valence-corrected chi connectivity index (χ4v) is 1.80. The second-order valence-electron chi connectivity index (χ2n) is 4.61. The Morgan fingerprint density at radius 2 is 2.16 bits per heavy atom. The lowest BCUT2D eigenvalue weighted by Gasteiger charge is -2.11. The van der Waals surface area contributed by atoms with Crippen molar-refractivity contribution < 1.29 is 4.74 Å². The highest BCUT2D eigenvalue weighted by molar-refractivity contribution is 5.48. The van der Waals surface area contributed by atoms with E-state index in [0.717, 1.165) is 11.4 Å². The van der Waals surface area contributed by atoms with Crippen molar-refractivity contribution in [3.05, 3.63) is 29.6 Å². The number of rotatable bonds is 5. The van der Waals surface area contributed by atoms with Gasteiger partial charge in [0.15, 0.2) is 5.82 Å². The van der Waals surface area contributed by atoms with Crippen LogP contribution in [0.3, 0.4) is 0 Å². The van der Waals surface area contributed by atoms with Crippen molar-refractivity contribution in [1.82, 2.24) is 25.5 Å². The Labute approximate surface area is 112 Å².